The van der Waals surface area contributed by atoms with Crippen LogP contribution >= 0.6 is 11.3 Å². The zero-order valence-electron chi connectivity index (χ0n) is 17.3. The van der Waals surface area contributed by atoms with E-state index in [0.717, 1.165) is 29.7 Å². The molecule has 3 atom stereocenters. The average molecular weight is 443 g/mol. The van der Waals surface area contributed by atoms with Crippen LogP contribution in [-0.4, -0.2) is 22.9 Å². The summed E-state index contributed by atoms with van der Waals surface area (Å²) in [4.78, 5) is 38.9. The van der Waals surface area contributed by atoms with Gasteiger partial charge in [-0.05, 0) is 55.7 Å². The van der Waals surface area contributed by atoms with E-state index in [9.17, 15) is 19.5 Å². The van der Waals surface area contributed by atoms with Gasteiger partial charge in [0.05, 0.1) is 30.2 Å². The normalized spacial score (nSPS) is 22.5. The third-order valence-corrected chi connectivity index (χ3v) is 7.23. The van der Waals surface area contributed by atoms with Gasteiger partial charge < -0.3 is 20.2 Å². The first kappa shape index (κ1) is 21.4. The van der Waals surface area contributed by atoms with Crippen LogP contribution in [0.5, 0.6) is 0 Å². The summed E-state index contributed by atoms with van der Waals surface area (Å²) in [6, 6.07) is 3.55. The molecule has 164 valence electrons. The molecule has 7 nitrogen and oxygen atoms in total. The first-order valence-corrected chi connectivity index (χ1v) is 11.4. The van der Waals surface area contributed by atoms with Crippen molar-refractivity contribution in [3.63, 3.8) is 0 Å². The lowest BCUT2D eigenvalue weighted by Crippen LogP contribution is -2.35. The van der Waals surface area contributed by atoms with E-state index in [-0.39, 0.29) is 18.4 Å². The molecule has 2 aliphatic rings. The molecule has 0 bridgehead atoms. The zero-order chi connectivity index (χ0) is 22.0. The van der Waals surface area contributed by atoms with E-state index in [0.29, 0.717) is 35.1 Å². The van der Waals surface area contributed by atoms with Crippen molar-refractivity contribution >= 4 is 34.1 Å². The highest BCUT2D eigenvalue weighted by atomic mass is 32.1. The summed E-state index contributed by atoms with van der Waals surface area (Å²) < 4.78 is 5.29. The highest BCUT2D eigenvalue weighted by Crippen LogP contribution is 2.40. The quantitative estimate of drug-likeness (QED) is 0.586. The molecule has 2 aliphatic carbocycles. The van der Waals surface area contributed by atoms with Gasteiger partial charge in [-0.15, -0.1) is 11.3 Å². The van der Waals surface area contributed by atoms with Crippen molar-refractivity contribution in [1.82, 2.24) is 5.32 Å². The summed E-state index contributed by atoms with van der Waals surface area (Å²) in [5.74, 6) is -1.81. The van der Waals surface area contributed by atoms with Crippen LogP contribution < -0.4 is 10.6 Å². The molecule has 2 heterocycles. The van der Waals surface area contributed by atoms with Crippen LogP contribution in [0.15, 0.2) is 35.0 Å². The minimum absolute atomic E-state index is 0.253. The number of hydrogen-bond acceptors (Lipinski definition) is 5. The first-order valence-electron chi connectivity index (χ1n) is 10.6. The maximum atomic E-state index is 13.1. The average Bonchev–Trinajstić information content (AvgIpc) is 3.39. The van der Waals surface area contributed by atoms with Gasteiger partial charge in [-0.25, -0.2) is 0 Å². The number of rotatable bonds is 6. The molecule has 3 N–H and O–H groups in total. The number of fused-ring (bicyclic) bond motifs is 1. The van der Waals surface area contributed by atoms with Gasteiger partial charge in [-0.1, -0.05) is 19.1 Å². The Kier molecular flexibility index (Phi) is 6.27. The van der Waals surface area contributed by atoms with Gasteiger partial charge in [0.2, 0.25) is 5.91 Å². The van der Waals surface area contributed by atoms with Crippen LogP contribution in [0.25, 0.3) is 0 Å². The third kappa shape index (κ3) is 4.58. The van der Waals surface area contributed by atoms with Gasteiger partial charge in [-0.3, -0.25) is 14.4 Å². The number of carbonyl (C=O) groups excluding carboxylic acids is 2. The molecule has 0 fully saturated rings. The molecule has 0 saturated heterocycles. The SMILES string of the molecule is C[C@@H]1CCc2c(sc(NC(=O)[C@@H]3CC=CC[C@@H]3C(=O)O)c2C(=O)NCc2ccco2)C1. The molecule has 0 spiro atoms. The Morgan fingerprint density at radius 1 is 1.23 bits per heavy atom. The maximum Gasteiger partial charge on any atom is 0.307 e. The maximum absolute atomic E-state index is 13.1. The number of aliphatic carboxylic acids is 1. The molecule has 0 aromatic carbocycles. The summed E-state index contributed by atoms with van der Waals surface area (Å²) in [6.45, 7) is 2.44. The van der Waals surface area contributed by atoms with Crippen molar-refractivity contribution in [3.8, 4) is 0 Å². The Morgan fingerprint density at radius 2 is 2.00 bits per heavy atom. The number of hydrogen-bond donors (Lipinski definition) is 3. The van der Waals surface area contributed by atoms with Gasteiger partial charge in [0.1, 0.15) is 10.8 Å². The predicted molar refractivity (Wildman–Crippen MR) is 117 cm³/mol. The molecule has 4 rings (SSSR count). The van der Waals surface area contributed by atoms with Crippen molar-refractivity contribution < 1.29 is 23.9 Å². The lowest BCUT2D eigenvalue weighted by atomic mass is 9.82. The predicted octanol–water partition coefficient (Wildman–Crippen LogP) is 4.00. The third-order valence-electron chi connectivity index (χ3n) is 6.07. The number of nitrogens with one attached hydrogen (secondary N) is 2. The Morgan fingerprint density at radius 3 is 2.71 bits per heavy atom. The van der Waals surface area contributed by atoms with Crippen molar-refractivity contribution in [3.05, 3.63) is 52.3 Å². The summed E-state index contributed by atoms with van der Waals surface area (Å²) in [5, 5.41) is 15.8. The number of amides is 2. The van der Waals surface area contributed by atoms with Crippen LogP contribution in [0.2, 0.25) is 0 Å². The smallest absolute Gasteiger partial charge is 0.307 e. The van der Waals surface area contributed by atoms with E-state index in [2.05, 4.69) is 17.6 Å². The molecule has 31 heavy (non-hydrogen) atoms. The van der Waals surface area contributed by atoms with E-state index in [4.69, 9.17) is 4.42 Å². The van der Waals surface area contributed by atoms with Gasteiger partial charge in [0.15, 0.2) is 0 Å². The fourth-order valence-corrected chi connectivity index (χ4v) is 5.74. The van der Waals surface area contributed by atoms with Gasteiger partial charge in [0.25, 0.3) is 5.91 Å². The largest absolute Gasteiger partial charge is 0.481 e. The highest BCUT2D eigenvalue weighted by Gasteiger charge is 2.35. The van der Waals surface area contributed by atoms with E-state index in [1.807, 2.05) is 6.08 Å². The molecule has 0 unspecified atom stereocenters. The van der Waals surface area contributed by atoms with Crippen LogP contribution in [-0.2, 0) is 29.0 Å². The number of thiophene rings is 1. The zero-order valence-corrected chi connectivity index (χ0v) is 18.2. The minimum Gasteiger partial charge on any atom is -0.481 e. The Balaban J connectivity index is 1.59. The summed E-state index contributed by atoms with van der Waals surface area (Å²) in [7, 11) is 0. The highest BCUT2D eigenvalue weighted by molar-refractivity contribution is 7.17. The number of carbonyl (C=O) groups is 3. The molecule has 2 aromatic rings. The Bertz CT molecular complexity index is 1010. The lowest BCUT2D eigenvalue weighted by Gasteiger charge is -2.24. The molecule has 8 heteroatoms. The molecule has 0 saturated carbocycles. The van der Waals surface area contributed by atoms with Crippen LogP contribution in [0.1, 0.15) is 52.7 Å². The molecule has 0 radical (unpaired) electrons. The summed E-state index contributed by atoms with van der Waals surface area (Å²) in [6.07, 6.45) is 8.58. The van der Waals surface area contributed by atoms with Crippen LogP contribution in [0.4, 0.5) is 5.00 Å². The Hall–Kier alpha value is -2.87. The van der Waals surface area contributed by atoms with E-state index < -0.39 is 17.8 Å². The monoisotopic (exact) mass is 442 g/mol. The summed E-state index contributed by atoms with van der Waals surface area (Å²) in [5.41, 5.74) is 1.50. The minimum atomic E-state index is -0.972. The number of anilines is 1. The fraction of sp³-hybridized carbons (Fsp3) is 0.435. The van der Waals surface area contributed by atoms with Crippen molar-refractivity contribution in [2.45, 2.75) is 45.6 Å². The van der Waals surface area contributed by atoms with Crippen molar-refractivity contribution in [2.24, 2.45) is 17.8 Å². The fourth-order valence-electron chi connectivity index (χ4n) is 4.33. The second-order valence-electron chi connectivity index (χ2n) is 8.30. The number of furan rings is 1. The second kappa shape index (κ2) is 9.09. The second-order valence-corrected chi connectivity index (χ2v) is 9.41. The molecular weight excluding hydrogens is 416 g/mol. The number of carboxylic acids is 1. The van der Waals surface area contributed by atoms with E-state index in [1.165, 1.54) is 11.3 Å². The molecule has 0 aliphatic heterocycles. The molecule has 2 amide bonds. The summed E-state index contributed by atoms with van der Waals surface area (Å²) >= 11 is 1.44. The standard InChI is InChI=1S/C23H26N2O5S/c1-13-8-9-17-18(11-13)31-22(19(17)21(27)24-12-14-5-4-10-30-14)25-20(26)15-6-2-3-7-16(15)23(28)29/h2-5,10,13,15-16H,6-9,11-12H2,1H3,(H,24,27)(H,25,26)(H,28,29)/t13-,15-,16+/m1/s1. The Labute approximate surface area is 184 Å². The molecular formula is C23H26N2O5S. The molecule has 2 aromatic heterocycles. The van der Waals surface area contributed by atoms with Crippen molar-refractivity contribution in [2.75, 3.05) is 5.32 Å². The van der Waals surface area contributed by atoms with E-state index in [1.54, 1.807) is 24.5 Å². The number of allylic oxidation sites excluding steroid dienone is 2. The van der Waals surface area contributed by atoms with Crippen LogP contribution in [0, 0.1) is 17.8 Å². The number of carboxylic acid groups (broad SMARTS) is 1. The van der Waals surface area contributed by atoms with Gasteiger partial charge in [0, 0.05) is 4.88 Å². The lowest BCUT2D eigenvalue weighted by molar-refractivity contribution is -0.146. The first-order chi connectivity index (χ1) is 14.9. The topological polar surface area (TPSA) is 109 Å². The van der Waals surface area contributed by atoms with Crippen molar-refractivity contribution in [1.29, 1.82) is 0 Å². The van der Waals surface area contributed by atoms with Gasteiger partial charge >= 0.3 is 5.97 Å². The van der Waals surface area contributed by atoms with Gasteiger partial charge in [-0.2, -0.15) is 0 Å². The van der Waals surface area contributed by atoms with E-state index >= 15 is 0 Å². The van der Waals surface area contributed by atoms with Crippen LogP contribution in [0.3, 0.4) is 0 Å².